The lowest BCUT2D eigenvalue weighted by Crippen LogP contribution is -2.37. The maximum atomic E-state index is 15.1. The molecule has 6 heteroatoms. The van der Waals surface area contributed by atoms with Gasteiger partial charge in [0.1, 0.15) is 17.5 Å². The SMILES string of the molecule is CC(C)(C)Cc1cc(F)c2c(c1)NC(=O)C21CNC(C(=O)OC(C)(C)C)C1. The van der Waals surface area contributed by atoms with Crippen LogP contribution in [0.5, 0.6) is 0 Å². The fraction of sp³-hybridized carbons (Fsp3) is 0.619. The minimum absolute atomic E-state index is 0.0116. The lowest BCUT2D eigenvalue weighted by atomic mass is 9.78. The quantitative estimate of drug-likeness (QED) is 0.777. The molecule has 1 saturated heterocycles. The molecule has 2 unspecified atom stereocenters. The third-order valence-electron chi connectivity index (χ3n) is 4.94. The smallest absolute Gasteiger partial charge is 0.323 e. The minimum atomic E-state index is -1.07. The first-order valence-electron chi connectivity index (χ1n) is 9.41. The monoisotopic (exact) mass is 376 g/mol. The second-order valence-electron chi connectivity index (χ2n) is 9.94. The Hall–Kier alpha value is -1.95. The van der Waals surface area contributed by atoms with Gasteiger partial charge in [0.2, 0.25) is 5.91 Å². The molecule has 5 nitrogen and oxygen atoms in total. The highest BCUT2D eigenvalue weighted by molar-refractivity contribution is 6.07. The molecule has 1 spiro atoms. The summed E-state index contributed by atoms with van der Waals surface area (Å²) in [4.78, 5) is 25.2. The number of hydrogen-bond acceptors (Lipinski definition) is 4. The van der Waals surface area contributed by atoms with Gasteiger partial charge in [-0.2, -0.15) is 0 Å². The van der Waals surface area contributed by atoms with Crippen molar-refractivity contribution < 1.29 is 18.7 Å². The number of carbonyl (C=O) groups excluding carboxylic acids is 2. The summed E-state index contributed by atoms with van der Waals surface area (Å²) in [6.45, 7) is 11.9. The van der Waals surface area contributed by atoms with Crippen molar-refractivity contribution in [1.29, 1.82) is 0 Å². The predicted octanol–water partition coefficient (Wildman–Crippen LogP) is 3.31. The zero-order valence-electron chi connectivity index (χ0n) is 17.0. The van der Waals surface area contributed by atoms with Crippen LogP contribution < -0.4 is 10.6 Å². The normalized spacial score (nSPS) is 24.9. The topological polar surface area (TPSA) is 67.4 Å². The van der Waals surface area contributed by atoms with Crippen molar-refractivity contribution in [1.82, 2.24) is 5.32 Å². The predicted molar refractivity (Wildman–Crippen MR) is 102 cm³/mol. The number of fused-ring (bicyclic) bond motifs is 2. The zero-order chi connectivity index (χ0) is 20.2. The van der Waals surface area contributed by atoms with E-state index in [4.69, 9.17) is 4.74 Å². The molecule has 1 aromatic rings. The van der Waals surface area contributed by atoms with Gasteiger partial charge in [-0.15, -0.1) is 0 Å². The molecule has 2 aliphatic heterocycles. The highest BCUT2D eigenvalue weighted by atomic mass is 19.1. The molecule has 2 atom stereocenters. The van der Waals surface area contributed by atoms with Gasteiger partial charge in [-0.05, 0) is 56.7 Å². The van der Waals surface area contributed by atoms with Crippen LogP contribution >= 0.6 is 0 Å². The molecular formula is C21H29FN2O3. The van der Waals surface area contributed by atoms with E-state index >= 15 is 4.39 Å². The lowest BCUT2D eigenvalue weighted by molar-refractivity contribution is -0.157. The van der Waals surface area contributed by atoms with E-state index < -0.39 is 28.8 Å². The van der Waals surface area contributed by atoms with Crippen LogP contribution in [0.1, 0.15) is 59.1 Å². The van der Waals surface area contributed by atoms with Crippen molar-refractivity contribution in [3.8, 4) is 0 Å². The Bertz CT molecular complexity index is 792. The van der Waals surface area contributed by atoms with Gasteiger partial charge in [0.05, 0.1) is 5.41 Å². The standard InChI is InChI=1S/C21H29FN2O3/c1-19(2,3)9-12-7-13(22)16-14(8-12)24-18(26)21(16)10-15(23-11-21)17(25)27-20(4,5)6/h7-8,15,23H,9-11H2,1-6H3,(H,24,26). The fourth-order valence-electron chi connectivity index (χ4n) is 4.01. The highest BCUT2D eigenvalue weighted by Gasteiger charge is 2.55. The van der Waals surface area contributed by atoms with Crippen LogP contribution in [0.25, 0.3) is 0 Å². The van der Waals surface area contributed by atoms with Gasteiger partial charge >= 0.3 is 5.97 Å². The van der Waals surface area contributed by atoms with Gasteiger partial charge in [-0.1, -0.05) is 20.8 Å². The van der Waals surface area contributed by atoms with E-state index in [1.807, 2.05) is 6.07 Å². The molecule has 2 aliphatic rings. The van der Waals surface area contributed by atoms with Gasteiger partial charge in [0, 0.05) is 17.8 Å². The van der Waals surface area contributed by atoms with E-state index in [0.29, 0.717) is 17.7 Å². The van der Waals surface area contributed by atoms with E-state index in [9.17, 15) is 9.59 Å². The van der Waals surface area contributed by atoms with Gasteiger partial charge in [-0.25, -0.2) is 4.39 Å². The molecule has 1 aromatic carbocycles. The fourth-order valence-corrected chi connectivity index (χ4v) is 4.01. The Balaban J connectivity index is 1.90. The Morgan fingerprint density at radius 3 is 2.52 bits per heavy atom. The van der Waals surface area contributed by atoms with E-state index in [1.165, 1.54) is 6.07 Å². The zero-order valence-corrected chi connectivity index (χ0v) is 17.0. The molecule has 0 bridgehead atoms. The Labute approximate surface area is 160 Å². The number of hydrogen-bond donors (Lipinski definition) is 2. The summed E-state index contributed by atoms with van der Waals surface area (Å²) < 4.78 is 20.5. The average Bonchev–Trinajstić information content (AvgIpc) is 2.99. The van der Waals surface area contributed by atoms with Crippen molar-refractivity contribution in [3.05, 3.63) is 29.1 Å². The number of ether oxygens (including phenoxy) is 1. The molecule has 0 aliphatic carbocycles. The maximum absolute atomic E-state index is 15.1. The van der Waals surface area contributed by atoms with Gasteiger partial charge < -0.3 is 15.4 Å². The summed E-state index contributed by atoms with van der Waals surface area (Å²) >= 11 is 0. The van der Waals surface area contributed by atoms with Crippen LogP contribution in [0.4, 0.5) is 10.1 Å². The Morgan fingerprint density at radius 2 is 1.93 bits per heavy atom. The highest BCUT2D eigenvalue weighted by Crippen LogP contribution is 2.46. The number of amides is 1. The molecule has 3 rings (SSSR count). The third-order valence-corrected chi connectivity index (χ3v) is 4.94. The van der Waals surface area contributed by atoms with Crippen LogP contribution in [0.2, 0.25) is 0 Å². The summed E-state index contributed by atoms with van der Waals surface area (Å²) in [6, 6.07) is 2.75. The molecule has 27 heavy (non-hydrogen) atoms. The maximum Gasteiger partial charge on any atom is 0.323 e. The summed E-state index contributed by atoms with van der Waals surface area (Å²) in [5.41, 5.74) is 0.0662. The van der Waals surface area contributed by atoms with Crippen LogP contribution in [0, 0.1) is 11.2 Å². The Kier molecular flexibility index (Phi) is 4.62. The number of nitrogens with one attached hydrogen (secondary N) is 2. The number of anilines is 1. The van der Waals surface area contributed by atoms with Gasteiger partial charge in [0.25, 0.3) is 0 Å². The molecule has 0 aromatic heterocycles. The molecule has 148 valence electrons. The van der Waals surface area contributed by atoms with Crippen LogP contribution in [-0.2, 0) is 26.2 Å². The summed E-state index contributed by atoms with van der Waals surface area (Å²) in [7, 11) is 0. The number of esters is 1. The molecular weight excluding hydrogens is 347 g/mol. The molecule has 1 fully saturated rings. The van der Waals surface area contributed by atoms with E-state index in [-0.39, 0.29) is 24.3 Å². The lowest BCUT2D eigenvalue weighted by Gasteiger charge is -2.24. The van der Waals surface area contributed by atoms with Crippen LogP contribution in [0.15, 0.2) is 12.1 Å². The van der Waals surface area contributed by atoms with Crippen molar-refractivity contribution in [2.75, 3.05) is 11.9 Å². The molecule has 1 amide bonds. The van der Waals surface area contributed by atoms with E-state index in [0.717, 1.165) is 5.56 Å². The molecule has 2 N–H and O–H groups in total. The summed E-state index contributed by atoms with van der Waals surface area (Å²) in [5, 5.41) is 5.89. The average molecular weight is 376 g/mol. The Morgan fingerprint density at radius 1 is 1.26 bits per heavy atom. The van der Waals surface area contributed by atoms with Crippen molar-refractivity contribution in [2.45, 2.75) is 71.4 Å². The first-order chi connectivity index (χ1) is 12.3. The number of rotatable bonds is 2. The molecule has 2 heterocycles. The minimum Gasteiger partial charge on any atom is -0.459 e. The third kappa shape index (κ3) is 3.86. The van der Waals surface area contributed by atoms with Crippen LogP contribution in [0.3, 0.4) is 0 Å². The number of carbonyl (C=O) groups is 2. The molecule has 0 saturated carbocycles. The summed E-state index contributed by atoms with van der Waals surface area (Å²) in [5.74, 6) is -1.06. The number of benzene rings is 1. The molecule has 0 radical (unpaired) electrons. The van der Waals surface area contributed by atoms with E-state index in [1.54, 1.807) is 20.8 Å². The summed E-state index contributed by atoms with van der Waals surface area (Å²) in [6.07, 6.45) is 0.898. The van der Waals surface area contributed by atoms with E-state index in [2.05, 4.69) is 31.4 Å². The largest absolute Gasteiger partial charge is 0.459 e. The number of halogens is 1. The first kappa shape index (κ1) is 19.8. The van der Waals surface area contributed by atoms with Crippen molar-refractivity contribution >= 4 is 17.6 Å². The van der Waals surface area contributed by atoms with Crippen molar-refractivity contribution in [3.63, 3.8) is 0 Å². The second kappa shape index (κ2) is 6.30. The first-order valence-corrected chi connectivity index (χ1v) is 9.41. The second-order valence-corrected chi connectivity index (χ2v) is 9.94. The van der Waals surface area contributed by atoms with Gasteiger partial charge in [0.15, 0.2) is 0 Å². The van der Waals surface area contributed by atoms with Crippen molar-refractivity contribution in [2.24, 2.45) is 5.41 Å². The van der Waals surface area contributed by atoms with Gasteiger partial charge in [-0.3, -0.25) is 9.59 Å². The van der Waals surface area contributed by atoms with Crippen LogP contribution in [-0.4, -0.2) is 30.1 Å².